The third-order valence-corrected chi connectivity index (χ3v) is 5.93. The zero-order valence-corrected chi connectivity index (χ0v) is 15.1. The van der Waals surface area contributed by atoms with Gasteiger partial charge in [-0.1, -0.05) is 29.8 Å². The van der Waals surface area contributed by atoms with Crippen LogP contribution in [0.2, 0.25) is 0 Å². The third kappa shape index (κ3) is 4.42. The number of hydrogen-bond donors (Lipinski definition) is 1. The smallest absolute Gasteiger partial charge is 0.245 e. The van der Waals surface area contributed by atoms with Crippen LogP contribution in [0.5, 0.6) is 0 Å². The van der Waals surface area contributed by atoms with Gasteiger partial charge in [0.05, 0.1) is 12.3 Å². The van der Waals surface area contributed by atoms with Gasteiger partial charge < -0.3 is 10.5 Å². The predicted molar refractivity (Wildman–Crippen MR) is 88.7 cm³/mol. The van der Waals surface area contributed by atoms with Gasteiger partial charge in [-0.15, -0.1) is 0 Å². The molecule has 0 saturated carbocycles. The third-order valence-electron chi connectivity index (χ3n) is 3.43. The first-order valence-corrected chi connectivity index (χ1v) is 9.17. The number of sulfonamides is 1. The minimum absolute atomic E-state index is 0.0662. The van der Waals surface area contributed by atoms with Crippen molar-refractivity contribution in [3.05, 3.63) is 22.7 Å². The van der Waals surface area contributed by atoms with Crippen LogP contribution in [-0.4, -0.2) is 39.0 Å². The second-order valence-corrected chi connectivity index (χ2v) is 7.54. The van der Waals surface area contributed by atoms with Crippen molar-refractivity contribution in [2.75, 3.05) is 26.0 Å². The van der Waals surface area contributed by atoms with E-state index in [0.29, 0.717) is 17.6 Å². The molecule has 0 amide bonds. The Labute approximate surface area is 135 Å². The second-order valence-electron chi connectivity index (χ2n) is 4.76. The van der Waals surface area contributed by atoms with Crippen molar-refractivity contribution in [3.63, 3.8) is 0 Å². The van der Waals surface area contributed by atoms with Crippen LogP contribution in [0.3, 0.4) is 0 Å². The molecule has 0 bridgehead atoms. The van der Waals surface area contributed by atoms with E-state index in [1.54, 1.807) is 25.3 Å². The van der Waals surface area contributed by atoms with Gasteiger partial charge in [0, 0.05) is 24.2 Å². The van der Waals surface area contributed by atoms with Crippen LogP contribution < -0.4 is 5.73 Å². The fourth-order valence-corrected chi connectivity index (χ4v) is 4.65. The molecule has 0 aliphatic rings. The van der Waals surface area contributed by atoms with E-state index in [4.69, 9.17) is 10.5 Å². The van der Waals surface area contributed by atoms with Crippen LogP contribution in [0, 0.1) is 0 Å². The maximum atomic E-state index is 12.9. The fourth-order valence-electron chi connectivity index (χ4n) is 2.23. The summed E-state index contributed by atoms with van der Waals surface area (Å²) in [6, 6.07) is 4.81. The Balaban J connectivity index is 3.28. The van der Waals surface area contributed by atoms with Crippen LogP contribution >= 0.6 is 15.9 Å². The Kier molecular flexibility index (Phi) is 7.12. The minimum Gasteiger partial charge on any atom is -0.398 e. The number of ether oxygens (including phenoxy) is 1. The van der Waals surface area contributed by atoms with Gasteiger partial charge in [-0.05, 0) is 31.0 Å². The van der Waals surface area contributed by atoms with Crippen LogP contribution in [0.1, 0.15) is 26.7 Å². The molecule has 1 aromatic carbocycles. The number of benzene rings is 1. The molecule has 0 aliphatic carbocycles. The summed E-state index contributed by atoms with van der Waals surface area (Å²) >= 11 is 3.30. The maximum absolute atomic E-state index is 12.9. The molecule has 0 heterocycles. The van der Waals surface area contributed by atoms with Gasteiger partial charge >= 0.3 is 0 Å². The van der Waals surface area contributed by atoms with Gasteiger partial charge in [0.2, 0.25) is 10.0 Å². The molecule has 120 valence electrons. The largest absolute Gasteiger partial charge is 0.398 e. The Bertz CT molecular complexity index is 559. The molecule has 0 unspecified atom stereocenters. The summed E-state index contributed by atoms with van der Waals surface area (Å²) in [4.78, 5) is 0.139. The summed E-state index contributed by atoms with van der Waals surface area (Å²) in [6.07, 6.45) is 1.49. The van der Waals surface area contributed by atoms with Crippen molar-refractivity contribution in [1.82, 2.24) is 4.31 Å². The molecule has 7 heteroatoms. The number of methoxy groups -OCH3 is 1. The monoisotopic (exact) mass is 378 g/mol. The molecule has 21 heavy (non-hydrogen) atoms. The van der Waals surface area contributed by atoms with Crippen molar-refractivity contribution in [2.45, 2.75) is 37.6 Å². The zero-order chi connectivity index (χ0) is 16.0. The Morgan fingerprint density at radius 1 is 1.33 bits per heavy atom. The van der Waals surface area contributed by atoms with Gasteiger partial charge in [-0.2, -0.15) is 4.31 Å². The molecule has 5 nitrogen and oxygen atoms in total. The number of hydrogen-bond acceptors (Lipinski definition) is 4. The zero-order valence-electron chi connectivity index (χ0n) is 12.7. The predicted octanol–water partition coefficient (Wildman–Crippen LogP) is 2.86. The Hall–Kier alpha value is -0.630. The van der Waals surface area contributed by atoms with Gasteiger partial charge in [0.25, 0.3) is 0 Å². The lowest BCUT2D eigenvalue weighted by molar-refractivity contribution is 0.163. The average molecular weight is 379 g/mol. The molecule has 0 atom stereocenters. The molecular weight excluding hydrogens is 356 g/mol. The first-order valence-electron chi connectivity index (χ1n) is 6.94. The molecule has 2 N–H and O–H groups in total. The molecule has 1 rings (SSSR count). The van der Waals surface area contributed by atoms with E-state index in [2.05, 4.69) is 15.9 Å². The molecule has 0 fully saturated rings. The van der Waals surface area contributed by atoms with Crippen LogP contribution in [0.4, 0.5) is 5.69 Å². The van der Waals surface area contributed by atoms with E-state index in [1.807, 2.05) is 13.8 Å². The van der Waals surface area contributed by atoms with Crippen molar-refractivity contribution in [3.8, 4) is 0 Å². The summed E-state index contributed by atoms with van der Waals surface area (Å²) in [6.45, 7) is 4.63. The molecule has 0 aliphatic heterocycles. The van der Waals surface area contributed by atoms with Crippen LogP contribution in [0.25, 0.3) is 0 Å². The standard InChI is InChI=1S/C14H23BrN2O3S/c1-4-12(5-2)17(8-9-20-3)21(18,19)14-10-11(15)6-7-13(14)16/h6-7,10,12H,4-5,8-9,16H2,1-3H3. The normalized spacial score (nSPS) is 12.3. The highest BCUT2D eigenvalue weighted by atomic mass is 79.9. The molecule has 0 radical (unpaired) electrons. The summed E-state index contributed by atoms with van der Waals surface area (Å²) in [5, 5.41) is 0. The molecule has 0 aromatic heterocycles. The van der Waals surface area contributed by atoms with Crippen molar-refractivity contribution < 1.29 is 13.2 Å². The lowest BCUT2D eigenvalue weighted by Crippen LogP contribution is -2.42. The first-order chi connectivity index (χ1) is 9.88. The van der Waals surface area contributed by atoms with E-state index in [-0.39, 0.29) is 16.6 Å². The second kappa shape index (κ2) is 8.12. The molecule has 0 saturated heterocycles. The number of anilines is 1. The molecular formula is C14H23BrN2O3S. The number of rotatable bonds is 8. The van der Waals surface area contributed by atoms with Crippen molar-refractivity contribution in [2.24, 2.45) is 0 Å². The highest BCUT2D eigenvalue weighted by Gasteiger charge is 2.31. The number of nitrogens with two attached hydrogens (primary N) is 1. The summed E-state index contributed by atoms with van der Waals surface area (Å²) < 4.78 is 33.1. The lowest BCUT2D eigenvalue weighted by Gasteiger charge is -2.29. The fraction of sp³-hybridized carbons (Fsp3) is 0.571. The Morgan fingerprint density at radius 3 is 2.48 bits per heavy atom. The summed E-state index contributed by atoms with van der Waals surface area (Å²) in [7, 11) is -2.09. The van der Waals surface area contributed by atoms with Gasteiger partial charge in [-0.25, -0.2) is 8.42 Å². The quantitative estimate of drug-likeness (QED) is 0.705. The lowest BCUT2D eigenvalue weighted by atomic mass is 10.2. The number of nitrogens with zero attached hydrogens (tertiary/aromatic N) is 1. The van der Waals surface area contributed by atoms with Gasteiger partial charge in [0.1, 0.15) is 4.90 Å². The highest BCUT2D eigenvalue weighted by molar-refractivity contribution is 9.10. The van der Waals surface area contributed by atoms with Gasteiger partial charge in [0.15, 0.2) is 0 Å². The SMILES string of the molecule is CCC(CC)N(CCOC)S(=O)(=O)c1cc(Br)ccc1N. The van der Waals surface area contributed by atoms with Crippen LogP contribution in [-0.2, 0) is 14.8 Å². The number of halogens is 1. The van der Waals surface area contributed by atoms with Gasteiger partial charge in [-0.3, -0.25) is 0 Å². The summed E-state index contributed by atoms with van der Waals surface area (Å²) in [5.74, 6) is 0. The average Bonchev–Trinajstić information content (AvgIpc) is 2.45. The minimum atomic E-state index is -3.65. The summed E-state index contributed by atoms with van der Waals surface area (Å²) in [5.41, 5.74) is 6.12. The van der Waals surface area contributed by atoms with Crippen molar-refractivity contribution >= 4 is 31.6 Å². The van der Waals surface area contributed by atoms with Crippen LogP contribution in [0.15, 0.2) is 27.6 Å². The molecule has 0 spiro atoms. The topological polar surface area (TPSA) is 72.6 Å². The van der Waals surface area contributed by atoms with E-state index >= 15 is 0 Å². The van der Waals surface area contributed by atoms with E-state index in [9.17, 15) is 8.42 Å². The van der Waals surface area contributed by atoms with E-state index in [1.165, 1.54) is 4.31 Å². The number of nitrogen functional groups attached to an aromatic ring is 1. The van der Waals surface area contributed by atoms with E-state index < -0.39 is 10.0 Å². The molecule has 1 aromatic rings. The van der Waals surface area contributed by atoms with Crippen molar-refractivity contribution in [1.29, 1.82) is 0 Å². The Morgan fingerprint density at radius 2 is 1.95 bits per heavy atom. The first kappa shape index (κ1) is 18.4. The van der Waals surface area contributed by atoms with E-state index in [0.717, 1.165) is 12.8 Å². The highest BCUT2D eigenvalue weighted by Crippen LogP contribution is 2.28. The maximum Gasteiger partial charge on any atom is 0.245 e.